The van der Waals surface area contributed by atoms with E-state index in [2.05, 4.69) is 5.32 Å². The lowest BCUT2D eigenvalue weighted by Crippen LogP contribution is -2.30. The van der Waals surface area contributed by atoms with Crippen molar-refractivity contribution in [3.8, 4) is 34.5 Å². The van der Waals surface area contributed by atoms with Gasteiger partial charge in [-0.05, 0) is 36.6 Å². The maximum Gasteiger partial charge on any atom is 0.413 e. The quantitative estimate of drug-likeness (QED) is 0.420. The molecule has 0 saturated carbocycles. The van der Waals surface area contributed by atoms with Crippen LogP contribution >= 0.6 is 0 Å². The molecule has 0 aromatic heterocycles. The first-order chi connectivity index (χ1) is 18.4. The smallest absolute Gasteiger partial charge is 0.413 e. The summed E-state index contributed by atoms with van der Waals surface area (Å²) in [4.78, 5) is 26.2. The summed E-state index contributed by atoms with van der Waals surface area (Å²) in [6, 6.07) is 16.2. The summed E-state index contributed by atoms with van der Waals surface area (Å²) in [6.07, 6.45) is -0.272. The Morgan fingerprint density at radius 3 is 2.29 bits per heavy atom. The van der Waals surface area contributed by atoms with Crippen molar-refractivity contribution in [2.45, 2.75) is 19.4 Å². The normalized spacial score (nSPS) is 15.0. The molecule has 4 rings (SSSR count). The van der Waals surface area contributed by atoms with E-state index in [9.17, 15) is 9.59 Å². The fraction of sp³-hybridized carbons (Fsp3) is 0.310. The predicted molar refractivity (Wildman–Crippen MR) is 140 cm³/mol. The Labute approximate surface area is 221 Å². The number of amides is 1. The fourth-order valence-corrected chi connectivity index (χ4v) is 4.45. The van der Waals surface area contributed by atoms with Crippen LogP contribution in [0.15, 0.2) is 54.6 Å². The molecule has 0 fully saturated rings. The van der Waals surface area contributed by atoms with E-state index in [0.29, 0.717) is 35.0 Å². The van der Waals surface area contributed by atoms with Gasteiger partial charge < -0.3 is 33.7 Å². The van der Waals surface area contributed by atoms with E-state index >= 15 is 0 Å². The Balaban J connectivity index is 1.53. The minimum Gasteiger partial charge on any atom is -0.493 e. The summed E-state index contributed by atoms with van der Waals surface area (Å²) in [5.41, 5.74) is 2.03. The zero-order chi connectivity index (χ0) is 27.2. The number of carbonyl (C=O) groups is 2. The van der Waals surface area contributed by atoms with Crippen LogP contribution in [0.5, 0.6) is 34.5 Å². The molecule has 1 unspecified atom stereocenters. The van der Waals surface area contributed by atoms with E-state index in [1.54, 1.807) is 18.2 Å². The maximum absolute atomic E-state index is 13.5. The molecule has 1 N–H and O–H groups in total. The number of ether oxygens (including phenoxy) is 6. The Kier molecular flexibility index (Phi) is 8.25. The molecule has 1 aliphatic rings. The summed E-state index contributed by atoms with van der Waals surface area (Å²) in [6.45, 7) is 2.04. The summed E-state index contributed by atoms with van der Waals surface area (Å²) < 4.78 is 33.2. The van der Waals surface area contributed by atoms with Gasteiger partial charge in [0.05, 0.1) is 47.0 Å². The van der Waals surface area contributed by atoms with Crippen molar-refractivity contribution in [2.75, 3.05) is 35.0 Å². The minimum absolute atomic E-state index is 0.142. The molecule has 9 heteroatoms. The molecule has 1 aliphatic heterocycles. The maximum atomic E-state index is 13.5. The number of carbonyl (C=O) groups excluding carboxylic acids is 2. The second kappa shape index (κ2) is 11.8. The Morgan fingerprint density at radius 1 is 0.921 bits per heavy atom. The van der Waals surface area contributed by atoms with Crippen LogP contribution in [0, 0.1) is 5.92 Å². The van der Waals surface area contributed by atoms with Crippen molar-refractivity contribution < 1.29 is 38.0 Å². The molecule has 0 spiro atoms. The van der Waals surface area contributed by atoms with E-state index < -0.39 is 12.0 Å². The SMILES string of the molecule is COc1ccc(CC2COc3cc(OC)c(OC)c(OC)c3C2=O)cc1OC(=O)N[C@H](C)c1ccccc1. The highest BCUT2D eigenvalue weighted by Crippen LogP contribution is 2.47. The van der Waals surface area contributed by atoms with E-state index in [1.807, 2.05) is 43.3 Å². The van der Waals surface area contributed by atoms with Gasteiger partial charge >= 0.3 is 6.09 Å². The molecule has 38 heavy (non-hydrogen) atoms. The van der Waals surface area contributed by atoms with Crippen molar-refractivity contribution in [2.24, 2.45) is 5.92 Å². The molecule has 200 valence electrons. The number of ketones is 1. The van der Waals surface area contributed by atoms with Crippen LogP contribution < -0.4 is 33.7 Å². The number of nitrogens with one attached hydrogen (secondary N) is 1. The molecule has 0 bridgehead atoms. The third-order valence-electron chi connectivity index (χ3n) is 6.40. The monoisotopic (exact) mass is 521 g/mol. The standard InChI is InChI=1S/C29H31NO8/c1-17(19-9-7-6-8-10-19)30-29(32)38-22-14-18(11-12-21(22)33-2)13-20-16-37-23-15-24(34-3)27(35-4)28(36-5)25(23)26(20)31/h6-12,14-15,17,20H,13,16H2,1-5H3,(H,30,32)/t17-,20?/m1/s1. The van der Waals surface area contributed by atoms with Gasteiger partial charge in [-0.25, -0.2) is 4.79 Å². The third kappa shape index (κ3) is 5.46. The Hall–Kier alpha value is -4.40. The van der Waals surface area contributed by atoms with Crippen molar-refractivity contribution in [3.63, 3.8) is 0 Å². The number of methoxy groups -OCH3 is 4. The van der Waals surface area contributed by atoms with Crippen LogP contribution in [-0.4, -0.2) is 46.9 Å². The van der Waals surface area contributed by atoms with Crippen LogP contribution in [0.3, 0.4) is 0 Å². The van der Waals surface area contributed by atoms with Gasteiger partial charge in [0, 0.05) is 6.07 Å². The van der Waals surface area contributed by atoms with Gasteiger partial charge in [0.2, 0.25) is 5.75 Å². The summed E-state index contributed by atoms with van der Waals surface area (Å²) in [7, 11) is 5.94. The number of hydrogen-bond donors (Lipinski definition) is 1. The van der Waals surface area contributed by atoms with Crippen LogP contribution in [0.1, 0.15) is 34.5 Å². The second-order valence-corrected chi connectivity index (χ2v) is 8.75. The van der Waals surface area contributed by atoms with Crippen LogP contribution in [0.2, 0.25) is 0 Å². The molecular weight excluding hydrogens is 490 g/mol. The number of Topliss-reactive ketones (excluding diaryl/α,β-unsaturated/α-hetero) is 1. The molecule has 0 aliphatic carbocycles. The summed E-state index contributed by atoms with van der Waals surface area (Å²) in [5.74, 6) is 1.37. The van der Waals surface area contributed by atoms with Gasteiger partial charge in [0.15, 0.2) is 28.8 Å². The molecule has 1 heterocycles. The summed E-state index contributed by atoms with van der Waals surface area (Å²) in [5, 5.41) is 2.82. The molecule has 2 atom stereocenters. The first-order valence-corrected chi connectivity index (χ1v) is 12.1. The van der Waals surface area contributed by atoms with E-state index in [0.717, 1.165) is 11.1 Å². The highest BCUT2D eigenvalue weighted by Gasteiger charge is 2.35. The average Bonchev–Trinajstić information content (AvgIpc) is 2.94. The zero-order valence-corrected chi connectivity index (χ0v) is 22.0. The van der Waals surface area contributed by atoms with Crippen LogP contribution in [0.25, 0.3) is 0 Å². The second-order valence-electron chi connectivity index (χ2n) is 8.75. The van der Waals surface area contributed by atoms with Gasteiger partial charge in [-0.15, -0.1) is 0 Å². The fourth-order valence-electron chi connectivity index (χ4n) is 4.45. The Bertz CT molecular complexity index is 1310. The lowest BCUT2D eigenvalue weighted by atomic mass is 9.88. The van der Waals surface area contributed by atoms with Gasteiger partial charge in [-0.3, -0.25) is 4.79 Å². The van der Waals surface area contributed by atoms with E-state index in [-0.39, 0.29) is 29.9 Å². The lowest BCUT2D eigenvalue weighted by molar-refractivity contribution is 0.0823. The number of rotatable bonds is 9. The molecule has 3 aromatic rings. The lowest BCUT2D eigenvalue weighted by Gasteiger charge is -2.27. The minimum atomic E-state index is -0.617. The molecule has 3 aromatic carbocycles. The van der Waals surface area contributed by atoms with Crippen molar-refractivity contribution in [1.82, 2.24) is 5.32 Å². The largest absolute Gasteiger partial charge is 0.493 e. The zero-order valence-electron chi connectivity index (χ0n) is 22.0. The highest BCUT2D eigenvalue weighted by molar-refractivity contribution is 6.05. The predicted octanol–water partition coefficient (Wildman–Crippen LogP) is 5.00. The third-order valence-corrected chi connectivity index (χ3v) is 6.40. The van der Waals surface area contributed by atoms with Crippen molar-refractivity contribution in [3.05, 3.63) is 71.3 Å². The van der Waals surface area contributed by atoms with Crippen LogP contribution in [0.4, 0.5) is 4.79 Å². The van der Waals surface area contributed by atoms with Crippen molar-refractivity contribution in [1.29, 1.82) is 0 Å². The van der Waals surface area contributed by atoms with Gasteiger partial charge in [-0.2, -0.15) is 0 Å². The average molecular weight is 522 g/mol. The molecule has 0 radical (unpaired) electrons. The highest BCUT2D eigenvalue weighted by atomic mass is 16.6. The first kappa shape index (κ1) is 26.7. The van der Waals surface area contributed by atoms with E-state index in [1.165, 1.54) is 28.4 Å². The molecule has 0 saturated heterocycles. The van der Waals surface area contributed by atoms with Crippen LogP contribution in [-0.2, 0) is 6.42 Å². The van der Waals surface area contributed by atoms with Gasteiger partial charge in [0.1, 0.15) is 11.3 Å². The van der Waals surface area contributed by atoms with Crippen molar-refractivity contribution >= 4 is 11.9 Å². The molecular formula is C29H31NO8. The molecule has 9 nitrogen and oxygen atoms in total. The van der Waals surface area contributed by atoms with E-state index in [4.69, 9.17) is 28.4 Å². The molecule has 1 amide bonds. The first-order valence-electron chi connectivity index (χ1n) is 12.1. The Morgan fingerprint density at radius 2 is 1.63 bits per heavy atom. The number of hydrogen-bond acceptors (Lipinski definition) is 8. The number of fused-ring (bicyclic) bond motifs is 1. The number of benzene rings is 3. The topological polar surface area (TPSA) is 102 Å². The van der Waals surface area contributed by atoms with Gasteiger partial charge in [-0.1, -0.05) is 36.4 Å². The van der Waals surface area contributed by atoms with Gasteiger partial charge in [0.25, 0.3) is 0 Å². The summed E-state index contributed by atoms with van der Waals surface area (Å²) >= 11 is 0.